The van der Waals surface area contributed by atoms with Gasteiger partial charge in [-0.15, -0.1) is 0 Å². The van der Waals surface area contributed by atoms with E-state index < -0.39 is 16.6 Å². The standard InChI is InChI=1S/C25H25NO4/c27-21(18-3-1-4-19-20(18)22(28)30-25(19)13-14-26-15-25)23(11-12-23)16-5-7-17(8-6-16)24(29)9-2-10-24/h1,3-8,26,29H,2,9-15H2. The van der Waals surface area contributed by atoms with Crippen LogP contribution in [0.1, 0.15) is 75.9 Å². The Bertz CT molecular complexity index is 1060. The van der Waals surface area contributed by atoms with Gasteiger partial charge in [0, 0.05) is 24.1 Å². The molecule has 2 aliphatic heterocycles. The van der Waals surface area contributed by atoms with E-state index in [1.807, 2.05) is 36.4 Å². The Morgan fingerprint density at radius 2 is 1.70 bits per heavy atom. The molecular formula is C25H25NO4. The number of rotatable bonds is 4. The number of esters is 1. The zero-order chi connectivity index (χ0) is 20.6. The molecule has 2 N–H and O–H groups in total. The van der Waals surface area contributed by atoms with E-state index in [1.54, 1.807) is 6.07 Å². The molecule has 2 aliphatic carbocycles. The summed E-state index contributed by atoms with van der Waals surface area (Å²) in [6.45, 7) is 1.40. The first-order chi connectivity index (χ1) is 14.5. The van der Waals surface area contributed by atoms with Crippen molar-refractivity contribution in [1.82, 2.24) is 5.32 Å². The van der Waals surface area contributed by atoms with Crippen LogP contribution in [0, 0.1) is 0 Å². The van der Waals surface area contributed by atoms with E-state index in [0.717, 1.165) is 61.8 Å². The van der Waals surface area contributed by atoms with Crippen LogP contribution >= 0.6 is 0 Å². The van der Waals surface area contributed by atoms with Crippen LogP contribution < -0.4 is 5.32 Å². The number of fused-ring (bicyclic) bond motifs is 2. The summed E-state index contributed by atoms with van der Waals surface area (Å²) in [7, 11) is 0. The molecule has 1 unspecified atom stereocenters. The molecule has 2 aromatic rings. The van der Waals surface area contributed by atoms with Crippen LogP contribution in [0.2, 0.25) is 0 Å². The molecular weight excluding hydrogens is 378 g/mol. The fraction of sp³-hybridized carbons (Fsp3) is 0.440. The summed E-state index contributed by atoms with van der Waals surface area (Å²) >= 11 is 0. The molecule has 2 saturated carbocycles. The fourth-order valence-corrected chi connectivity index (χ4v) is 5.54. The lowest BCUT2D eigenvalue weighted by Gasteiger charge is -2.37. The van der Waals surface area contributed by atoms with Crippen molar-refractivity contribution in [3.63, 3.8) is 0 Å². The van der Waals surface area contributed by atoms with Gasteiger partial charge in [0.15, 0.2) is 11.4 Å². The summed E-state index contributed by atoms with van der Waals surface area (Å²) < 4.78 is 5.80. The SMILES string of the molecule is O=C1OC2(CCNC2)c2cccc(C(=O)C3(c4ccc(C5(O)CCC5)cc4)CC3)c21. The number of aliphatic hydroxyl groups is 1. The number of hydrogen-bond donors (Lipinski definition) is 2. The molecule has 2 aromatic carbocycles. The van der Waals surface area contributed by atoms with Crippen molar-refractivity contribution < 1.29 is 19.4 Å². The summed E-state index contributed by atoms with van der Waals surface area (Å²) in [6, 6.07) is 13.5. The lowest BCUT2D eigenvalue weighted by atomic mass is 9.74. The first-order valence-corrected chi connectivity index (χ1v) is 10.9. The molecule has 30 heavy (non-hydrogen) atoms. The summed E-state index contributed by atoms with van der Waals surface area (Å²) in [5.41, 5.74) is 1.80. The minimum atomic E-state index is -0.701. The van der Waals surface area contributed by atoms with Crippen LogP contribution in [-0.2, 0) is 21.4 Å². The summed E-state index contributed by atoms with van der Waals surface area (Å²) in [6.07, 6.45) is 4.93. The van der Waals surface area contributed by atoms with E-state index in [4.69, 9.17) is 4.74 Å². The molecule has 0 amide bonds. The number of ether oxygens (including phenoxy) is 1. The molecule has 154 valence electrons. The van der Waals surface area contributed by atoms with Crippen LogP contribution in [0.15, 0.2) is 42.5 Å². The molecule has 5 heteroatoms. The molecule has 2 heterocycles. The number of carbonyl (C=O) groups is 2. The fourth-order valence-electron chi connectivity index (χ4n) is 5.54. The molecule has 0 bridgehead atoms. The monoisotopic (exact) mass is 403 g/mol. The third-order valence-electron chi connectivity index (χ3n) is 7.75. The van der Waals surface area contributed by atoms with Crippen molar-refractivity contribution in [2.24, 2.45) is 0 Å². The van der Waals surface area contributed by atoms with Gasteiger partial charge in [0.1, 0.15) is 0 Å². The van der Waals surface area contributed by atoms with Crippen molar-refractivity contribution >= 4 is 11.8 Å². The van der Waals surface area contributed by atoms with Gasteiger partial charge in [-0.1, -0.05) is 42.5 Å². The minimum absolute atomic E-state index is 0.00871. The number of benzene rings is 2. The predicted molar refractivity (Wildman–Crippen MR) is 110 cm³/mol. The maximum atomic E-state index is 13.7. The van der Waals surface area contributed by atoms with Crippen molar-refractivity contribution in [2.45, 2.75) is 55.1 Å². The quantitative estimate of drug-likeness (QED) is 0.605. The average molecular weight is 403 g/mol. The first kappa shape index (κ1) is 18.3. The Labute approximate surface area is 175 Å². The predicted octanol–water partition coefficient (Wildman–Crippen LogP) is 3.33. The average Bonchev–Trinajstić information content (AvgIpc) is 3.34. The van der Waals surface area contributed by atoms with Crippen LogP contribution in [-0.4, -0.2) is 29.9 Å². The van der Waals surface area contributed by atoms with Gasteiger partial charge in [0.2, 0.25) is 0 Å². The lowest BCUT2D eigenvalue weighted by Crippen LogP contribution is -2.33. The molecule has 4 aliphatic rings. The van der Waals surface area contributed by atoms with Crippen LogP contribution in [0.5, 0.6) is 0 Å². The van der Waals surface area contributed by atoms with Crippen molar-refractivity contribution in [3.05, 3.63) is 70.3 Å². The maximum Gasteiger partial charge on any atom is 0.340 e. The molecule has 5 nitrogen and oxygen atoms in total. The van der Waals surface area contributed by atoms with E-state index in [9.17, 15) is 14.7 Å². The van der Waals surface area contributed by atoms with Gasteiger partial charge < -0.3 is 15.2 Å². The highest BCUT2D eigenvalue weighted by Gasteiger charge is 2.55. The highest BCUT2D eigenvalue weighted by molar-refractivity contribution is 6.14. The van der Waals surface area contributed by atoms with Crippen LogP contribution in [0.4, 0.5) is 0 Å². The Balaban J connectivity index is 1.37. The third-order valence-corrected chi connectivity index (χ3v) is 7.75. The Hall–Kier alpha value is -2.50. The Morgan fingerprint density at radius 3 is 2.30 bits per heavy atom. The van der Waals surface area contributed by atoms with Gasteiger partial charge in [0.05, 0.1) is 16.6 Å². The second-order valence-electron chi connectivity index (χ2n) is 9.41. The largest absolute Gasteiger partial charge is 0.449 e. The van der Waals surface area contributed by atoms with Gasteiger partial charge in [-0.2, -0.15) is 0 Å². The van der Waals surface area contributed by atoms with Gasteiger partial charge in [0.25, 0.3) is 0 Å². The number of hydrogen-bond acceptors (Lipinski definition) is 5. The highest BCUT2D eigenvalue weighted by atomic mass is 16.6. The molecule has 3 fully saturated rings. The Kier molecular flexibility index (Phi) is 3.67. The molecule has 1 atom stereocenters. The number of Topliss-reactive ketones (excluding diaryl/α,β-unsaturated/α-hetero) is 1. The van der Waals surface area contributed by atoms with E-state index >= 15 is 0 Å². The van der Waals surface area contributed by atoms with E-state index in [1.165, 1.54) is 0 Å². The normalized spacial score (nSPS) is 27.4. The third kappa shape index (κ3) is 2.36. The number of ketones is 1. The molecule has 0 aromatic heterocycles. The molecule has 1 spiro atoms. The zero-order valence-electron chi connectivity index (χ0n) is 16.9. The molecule has 0 radical (unpaired) electrons. The minimum Gasteiger partial charge on any atom is -0.449 e. The topological polar surface area (TPSA) is 75.6 Å². The second kappa shape index (κ2) is 6.02. The van der Waals surface area contributed by atoms with Gasteiger partial charge in [-0.3, -0.25) is 4.79 Å². The van der Waals surface area contributed by atoms with Crippen molar-refractivity contribution in [1.29, 1.82) is 0 Å². The molecule has 6 rings (SSSR count). The Morgan fingerprint density at radius 1 is 0.967 bits per heavy atom. The lowest BCUT2D eigenvalue weighted by molar-refractivity contribution is -0.0388. The van der Waals surface area contributed by atoms with E-state index in [-0.39, 0.29) is 11.8 Å². The van der Waals surface area contributed by atoms with E-state index in [2.05, 4.69) is 5.32 Å². The second-order valence-corrected chi connectivity index (χ2v) is 9.41. The highest BCUT2D eigenvalue weighted by Crippen LogP contribution is 2.53. The number of nitrogens with one attached hydrogen (secondary N) is 1. The summed E-state index contributed by atoms with van der Waals surface area (Å²) in [4.78, 5) is 26.5. The zero-order valence-corrected chi connectivity index (χ0v) is 16.9. The first-order valence-electron chi connectivity index (χ1n) is 10.9. The van der Waals surface area contributed by atoms with Crippen molar-refractivity contribution in [3.8, 4) is 0 Å². The van der Waals surface area contributed by atoms with Gasteiger partial charge in [-0.25, -0.2) is 4.79 Å². The van der Waals surface area contributed by atoms with Gasteiger partial charge in [-0.05, 0) is 49.8 Å². The summed E-state index contributed by atoms with van der Waals surface area (Å²) in [5, 5.41) is 13.9. The number of carbonyl (C=O) groups excluding carboxylic acids is 2. The van der Waals surface area contributed by atoms with Crippen LogP contribution in [0.25, 0.3) is 0 Å². The van der Waals surface area contributed by atoms with Crippen molar-refractivity contribution in [2.75, 3.05) is 13.1 Å². The summed E-state index contributed by atoms with van der Waals surface area (Å²) in [5.74, 6) is -0.370. The van der Waals surface area contributed by atoms with Gasteiger partial charge >= 0.3 is 5.97 Å². The van der Waals surface area contributed by atoms with E-state index in [0.29, 0.717) is 17.7 Å². The molecule has 1 saturated heterocycles. The van der Waals surface area contributed by atoms with Crippen LogP contribution in [0.3, 0.4) is 0 Å². The smallest absolute Gasteiger partial charge is 0.340 e. The maximum absolute atomic E-state index is 13.7.